The van der Waals surface area contributed by atoms with Crippen LogP contribution in [0.25, 0.3) is 0 Å². The molecule has 27 heavy (non-hydrogen) atoms. The Kier molecular flexibility index (Phi) is 7.22. The molecule has 0 aromatic heterocycles. The van der Waals surface area contributed by atoms with Crippen molar-refractivity contribution in [1.82, 2.24) is 9.80 Å². The summed E-state index contributed by atoms with van der Waals surface area (Å²) in [6, 6.07) is 0. The number of unbranched alkanes of at least 4 members (excludes halogenated alkanes) is 3. The molecule has 1 amide bonds. The number of amides is 1. The van der Waals surface area contributed by atoms with Crippen LogP contribution < -0.4 is 0 Å². The van der Waals surface area contributed by atoms with Gasteiger partial charge in [-0.05, 0) is 63.9 Å². The lowest BCUT2D eigenvalue weighted by molar-refractivity contribution is -0.132. The van der Waals surface area contributed by atoms with Gasteiger partial charge in [-0.15, -0.1) is 0 Å². The van der Waals surface area contributed by atoms with Gasteiger partial charge in [0.25, 0.3) is 0 Å². The van der Waals surface area contributed by atoms with Crippen LogP contribution >= 0.6 is 0 Å². The maximum absolute atomic E-state index is 13.1. The molecule has 2 saturated heterocycles. The lowest BCUT2D eigenvalue weighted by atomic mass is 9.81. The van der Waals surface area contributed by atoms with Crippen molar-refractivity contribution in [3.8, 4) is 0 Å². The Hall–Kier alpha value is -1.49. The molecule has 3 aliphatic rings. The van der Waals surface area contributed by atoms with Gasteiger partial charge in [0.05, 0.1) is 26.1 Å². The van der Waals surface area contributed by atoms with E-state index in [1.807, 2.05) is 17.1 Å². The van der Waals surface area contributed by atoms with E-state index in [0.717, 1.165) is 37.4 Å². The van der Waals surface area contributed by atoms with E-state index in [1.165, 1.54) is 58.2 Å². The fourth-order valence-electron chi connectivity index (χ4n) is 4.63. The standard InChI is InChI=1S/C22H36N2O3/c1-26-19-16-20(27-2)18-22(17-19)10-15-24(21(22)25)14-9-4-3-6-11-23-12-7-5-8-13-23/h17-18H,3-16H2,1-2H3. The minimum atomic E-state index is -0.552. The molecule has 2 aliphatic heterocycles. The summed E-state index contributed by atoms with van der Waals surface area (Å²) in [7, 11) is 3.33. The van der Waals surface area contributed by atoms with Gasteiger partial charge in [-0.1, -0.05) is 19.3 Å². The molecule has 0 atom stereocenters. The zero-order valence-electron chi connectivity index (χ0n) is 17.2. The first-order valence-corrected chi connectivity index (χ1v) is 10.7. The van der Waals surface area contributed by atoms with E-state index in [4.69, 9.17) is 9.47 Å². The summed E-state index contributed by atoms with van der Waals surface area (Å²) in [5.74, 6) is 1.88. The van der Waals surface area contributed by atoms with Gasteiger partial charge in [-0.25, -0.2) is 0 Å². The summed E-state index contributed by atoms with van der Waals surface area (Å²) in [4.78, 5) is 17.7. The van der Waals surface area contributed by atoms with Gasteiger partial charge in [-0.2, -0.15) is 0 Å². The highest BCUT2D eigenvalue weighted by molar-refractivity contribution is 5.89. The molecule has 0 aromatic carbocycles. The predicted molar refractivity (Wildman–Crippen MR) is 107 cm³/mol. The van der Waals surface area contributed by atoms with E-state index in [-0.39, 0.29) is 5.91 Å². The largest absolute Gasteiger partial charge is 0.501 e. The SMILES string of the molecule is COC1=CC2(C=C(OC)C1)CCN(CCCCCCN1CCCCC1)C2=O. The Morgan fingerprint density at radius 2 is 1.52 bits per heavy atom. The molecule has 0 bridgehead atoms. The Balaban J connectivity index is 1.40. The van der Waals surface area contributed by atoms with Crippen LogP contribution in [0.15, 0.2) is 23.7 Å². The summed E-state index contributed by atoms with van der Waals surface area (Å²) < 4.78 is 10.9. The van der Waals surface area contributed by atoms with Crippen molar-refractivity contribution in [2.75, 3.05) is 46.9 Å². The second kappa shape index (κ2) is 9.63. The first kappa shape index (κ1) is 20.2. The molecule has 0 N–H and O–H groups in total. The summed E-state index contributed by atoms with van der Waals surface area (Å²) in [6.07, 6.45) is 14.5. The van der Waals surface area contributed by atoms with Crippen LogP contribution in [-0.2, 0) is 14.3 Å². The smallest absolute Gasteiger partial charge is 0.236 e. The highest BCUT2D eigenvalue weighted by Gasteiger charge is 2.45. The molecule has 0 unspecified atom stereocenters. The predicted octanol–water partition coefficient (Wildman–Crippen LogP) is 3.72. The highest BCUT2D eigenvalue weighted by Crippen LogP contribution is 2.41. The van der Waals surface area contributed by atoms with Crippen LogP contribution in [0.4, 0.5) is 0 Å². The first-order valence-electron chi connectivity index (χ1n) is 10.7. The number of methoxy groups -OCH3 is 2. The van der Waals surface area contributed by atoms with Gasteiger partial charge < -0.3 is 19.3 Å². The maximum Gasteiger partial charge on any atom is 0.236 e. The van der Waals surface area contributed by atoms with Crippen molar-refractivity contribution in [3.63, 3.8) is 0 Å². The van der Waals surface area contributed by atoms with Crippen LogP contribution in [0, 0.1) is 5.41 Å². The maximum atomic E-state index is 13.1. The number of likely N-dealkylation sites (tertiary alicyclic amines) is 2. The van der Waals surface area contributed by atoms with Crippen molar-refractivity contribution in [3.05, 3.63) is 23.7 Å². The molecule has 2 fully saturated rings. The number of hydrogen-bond donors (Lipinski definition) is 0. The Labute approximate surface area is 164 Å². The number of piperidine rings is 1. The molecule has 1 aliphatic carbocycles. The molecule has 0 saturated carbocycles. The van der Waals surface area contributed by atoms with Crippen molar-refractivity contribution in [1.29, 1.82) is 0 Å². The normalized spacial score (nSPS) is 22.7. The number of carbonyl (C=O) groups is 1. The van der Waals surface area contributed by atoms with Crippen LogP contribution in [0.1, 0.15) is 57.8 Å². The van der Waals surface area contributed by atoms with Crippen molar-refractivity contribution >= 4 is 5.91 Å². The third-order valence-corrected chi connectivity index (χ3v) is 6.29. The highest BCUT2D eigenvalue weighted by atomic mass is 16.5. The average molecular weight is 377 g/mol. The summed E-state index contributed by atoms with van der Waals surface area (Å²) >= 11 is 0. The summed E-state index contributed by atoms with van der Waals surface area (Å²) in [6.45, 7) is 5.53. The number of ether oxygens (including phenoxy) is 2. The second-order valence-electron chi connectivity index (χ2n) is 8.21. The van der Waals surface area contributed by atoms with E-state index in [0.29, 0.717) is 6.42 Å². The summed E-state index contributed by atoms with van der Waals surface area (Å²) in [5, 5.41) is 0. The molecule has 1 spiro atoms. The monoisotopic (exact) mass is 376 g/mol. The minimum Gasteiger partial charge on any atom is -0.501 e. The van der Waals surface area contributed by atoms with Crippen molar-refractivity contribution in [2.24, 2.45) is 5.41 Å². The fraction of sp³-hybridized carbons (Fsp3) is 0.773. The molecular weight excluding hydrogens is 340 g/mol. The van der Waals surface area contributed by atoms with Gasteiger partial charge in [0.2, 0.25) is 5.91 Å². The van der Waals surface area contributed by atoms with E-state index >= 15 is 0 Å². The van der Waals surface area contributed by atoms with Crippen molar-refractivity contribution < 1.29 is 14.3 Å². The first-order chi connectivity index (χ1) is 13.2. The molecule has 2 heterocycles. The van der Waals surface area contributed by atoms with Crippen LogP contribution in [0.2, 0.25) is 0 Å². The minimum absolute atomic E-state index is 0.208. The quantitative estimate of drug-likeness (QED) is 0.575. The molecule has 0 aromatic rings. The third kappa shape index (κ3) is 5.07. The van der Waals surface area contributed by atoms with Gasteiger partial charge >= 0.3 is 0 Å². The molecular formula is C22H36N2O3. The molecule has 0 radical (unpaired) electrons. The average Bonchev–Trinajstić information content (AvgIpc) is 3.00. The Morgan fingerprint density at radius 3 is 2.15 bits per heavy atom. The van der Waals surface area contributed by atoms with Gasteiger partial charge in [0.1, 0.15) is 11.5 Å². The Morgan fingerprint density at radius 1 is 0.889 bits per heavy atom. The zero-order valence-corrected chi connectivity index (χ0v) is 17.2. The number of carbonyl (C=O) groups excluding carboxylic acids is 1. The second-order valence-corrected chi connectivity index (χ2v) is 8.21. The van der Waals surface area contributed by atoms with Crippen molar-refractivity contribution in [2.45, 2.75) is 57.8 Å². The number of rotatable bonds is 9. The van der Waals surface area contributed by atoms with Gasteiger partial charge in [0, 0.05) is 13.1 Å². The summed E-state index contributed by atoms with van der Waals surface area (Å²) in [5.41, 5.74) is -0.552. The molecule has 5 heteroatoms. The van der Waals surface area contributed by atoms with E-state index in [9.17, 15) is 4.79 Å². The topological polar surface area (TPSA) is 42.0 Å². The van der Waals surface area contributed by atoms with Gasteiger partial charge in [-0.3, -0.25) is 4.79 Å². The lowest BCUT2D eigenvalue weighted by Gasteiger charge is -2.27. The number of hydrogen-bond acceptors (Lipinski definition) is 4. The van der Waals surface area contributed by atoms with E-state index < -0.39 is 5.41 Å². The van der Waals surface area contributed by atoms with E-state index in [1.54, 1.807) is 14.2 Å². The van der Waals surface area contributed by atoms with Crippen LogP contribution in [0.3, 0.4) is 0 Å². The third-order valence-electron chi connectivity index (χ3n) is 6.29. The fourth-order valence-corrected chi connectivity index (χ4v) is 4.63. The molecule has 3 rings (SSSR count). The number of nitrogens with zero attached hydrogens (tertiary/aromatic N) is 2. The molecule has 5 nitrogen and oxygen atoms in total. The zero-order chi connectivity index (χ0) is 19.1. The van der Waals surface area contributed by atoms with Gasteiger partial charge in [0.15, 0.2) is 0 Å². The van der Waals surface area contributed by atoms with Crippen LogP contribution in [-0.4, -0.2) is 62.7 Å². The van der Waals surface area contributed by atoms with E-state index in [2.05, 4.69) is 4.90 Å². The van der Waals surface area contributed by atoms with Crippen LogP contribution in [0.5, 0.6) is 0 Å². The Bertz CT molecular complexity index is 544. The molecule has 152 valence electrons. The lowest BCUT2D eigenvalue weighted by Crippen LogP contribution is -2.34.